The molecule has 0 N–H and O–H groups in total. The van der Waals surface area contributed by atoms with Gasteiger partial charge in [0.25, 0.3) is 0 Å². The topological polar surface area (TPSA) is 4.36 Å². The molecule has 0 atom stereocenters. The summed E-state index contributed by atoms with van der Waals surface area (Å²) in [6.07, 6.45) is 4.28. The third kappa shape index (κ3) is 1.80. The van der Waals surface area contributed by atoms with Crippen LogP contribution in [-0.4, -0.2) is 5.54 Å². The maximum atomic E-state index is 7.21. The van der Waals surface area contributed by atoms with Crippen molar-refractivity contribution in [1.29, 1.82) is 0 Å². The largest absolute Gasteiger partial charge is 0.306 e. The van der Waals surface area contributed by atoms with Crippen molar-refractivity contribution in [1.82, 2.24) is 0 Å². The van der Waals surface area contributed by atoms with Gasteiger partial charge in [0, 0.05) is 19.4 Å². The Hall–Kier alpha value is -1.55. The lowest BCUT2D eigenvalue weighted by Crippen LogP contribution is -2.20. The molecule has 1 heteroatoms. The van der Waals surface area contributed by atoms with Crippen LogP contribution in [0.1, 0.15) is 31.4 Å². The molecule has 76 valence electrons. The fourth-order valence-corrected chi connectivity index (χ4v) is 1.99. The van der Waals surface area contributed by atoms with Crippen LogP contribution in [0.25, 0.3) is 10.9 Å². The first kappa shape index (κ1) is 9.98. The zero-order chi connectivity index (χ0) is 10.9. The molecule has 0 bridgehead atoms. The molecule has 0 aromatic heterocycles. The summed E-state index contributed by atoms with van der Waals surface area (Å²) in [6.45, 7) is 11.2. The Morgan fingerprint density at radius 3 is 2.67 bits per heavy atom. The van der Waals surface area contributed by atoms with Crippen molar-refractivity contribution in [2.45, 2.75) is 32.2 Å². The highest BCUT2D eigenvalue weighted by Crippen LogP contribution is 2.32. The van der Waals surface area contributed by atoms with Gasteiger partial charge in [0.15, 0.2) is 0 Å². The summed E-state index contributed by atoms with van der Waals surface area (Å²) < 4.78 is 0. The molecule has 1 aromatic carbocycles. The molecule has 0 unspecified atom stereocenters. The van der Waals surface area contributed by atoms with E-state index in [1.807, 2.05) is 13.8 Å². The first-order valence-electron chi connectivity index (χ1n) is 5.31. The van der Waals surface area contributed by atoms with Crippen LogP contribution in [0.2, 0.25) is 0 Å². The van der Waals surface area contributed by atoms with E-state index in [9.17, 15) is 0 Å². The average molecular weight is 197 g/mol. The minimum atomic E-state index is -0.340. The summed E-state index contributed by atoms with van der Waals surface area (Å²) in [7, 11) is 0. The van der Waals surface area contributed by atoms with Crippen molar-refractivity contribution >= 4 is 6.08 Å². The highest BCUT2D eigenvalue weighted by molar-refractivity contribution is 5.62. The van der Waals surface area contributed by atoms with E-state index >= 15 is 0 Å². The van der Waals surface area contributed by atoms with Gasteiger partial charge in [0.1, 0.15) is 0 Å². The smallest absolute Gasteiger partial charge is 0.248 e. The SMILES string of the molecule is [C-]#[N+]C(C)(C)C1=Cc2ccccc2CC1. The number of hydrogen-bond donors (Lipinski definition) is 0. The van der Waals surface area contributed by atoms with Gasteiger partial charge in [0.2, 0.25) is 5.54 Å². The Balaban J connectivity index is 2.43. The van der Waals surface area contributed by atoms with Gasteiger partial charge in [-0.1, -0.05) is 24.3 Å². The van der Waals surface area contributed by atoms with Gasteiger partial charge in [-0.05, 0) is 30.0 Å². The van der Waals surface area contributed by atoms with Crippen molar-refractivity contribution in [3.8, 4) is 0 Å². The van der Waals surface area contributed by atoms with Gasteiger partial charge >= 0.3 is 0 Å². The van der Waals surface area contributed by atoms with Crippen LogP contribution >= 0.6 is 0 Å². The molecule has 0 saturated carbocycles. The molecule has 0 amide bonds. The lowest BCUT2D eigenvalue weighted by Gasteiger charge is -2.21. The fraction of sp³-hybridized carbons (Fsp3) is 0.357. The van der Waals surface area contributed by atoms with Crippen LogP contribution in [0.3, 0.4) is 0 Å². The first-order chi connectivity index (χ1) is 7.13. The van der Waals surface area contributed by atoms with E-state index in [0.717, 1.165) is 12.8 Å². The number of benzene rings is 1. The second kappa shape index (κ2) is 3.55. The van der Waals surface area contributed by atoms with Crippen LogP contribution < -0.4 is 0 Å². The minimum Gasteiger partial charge on any atom is -0.306 e. The van der Waals surface area contributed by atoms with Crippen molar-refractivity contribution in [2.75, 3.05) is 0 Å². The third-order valence-corrected chi connectivity index (χ3v) is 3.11. The quantitative estimate of drug-likeness (QED) is 0.604. The normalized spacial score (nSPS) is 15.1. The summed E-state index contributed by atoms with van der Waals surface area (Å²) in [5.74, 6) is 0. The molecule has 2 rings (SSSR count). The molecule has 0 fully saturated rings. The molecule has 15 heavy (non-hydrogen) atoms. The van der Waals surface area contributed by atoms with Gasteiger partial charge in [-0.25, -0.2) is 6.57 Å². The number of aryl methyl sites for hydroxylation is 1. The second-order valence-electron chi connectivity index (χ2n) is 4.54. The molecular weight excluding hydrogens is 182 g/mol. The molecule has 0 radical (unpaired) electrons. The van der Waals surface area contributed by atoms with Crippen molar-refractivity contribution in [3.05, 3.63) is 52.4 Å². The molecule has 1 aliphatic carbocycles. The lowest BCUT2D eigenvalue weighted by atomic mass is 9.83. The van der Waals surface area contributed by atoms with Gasteiger partial charge < -0.3 is 4.85 Å². The standard InChI is InChI=1S/C14H15N/c1-14(2,15-3)13-9-8-11-6-4-5-7-12(11)10-13/h4-7,10H,8-9H2,1-2H3. The van der Waals surface area contributed by atoms with Crippen LogP contribution in [0.5, 0.6) is 0 Å². The lowest BCUT2D eigenvalue weighted by molar-refractivity contribution is 0.673. The molecular formula is C14H15N. The van der Waals surface area contributed by atoms with Gasteiger partial charge in [-0.2, -0.15) is 0 Å². The summed E-state index contributed by atoms with van der Waals surface area (Å²) in [6, 6.07) is 8.45. The van der Waals surface area contributed by atoms with E-state index in [1.165, 1.54) is 16.7 Å². The molecule has 1 aliphatic rings. The van der Waals surface area contributed by atoms with E-state index in [0.29, 0.717) is 0 Å². The molecule has 0 saturated heterocycles. The van der Waals surface area contributed by atoms with Gasteiger partial charge in [0.05, 0.1) is 0 Å². The second-order valence-corrected chi connectivity index (χ2v) is 4.54. The van der Waals surface area contributed by atoms with Crippen molar-refractivity contribution in [2.24, 2.45) is 0 Å². The zero-order valence-corrected chi connectivity index (χ0v) is 9.25. The first-order valence-corrected chi connectivity index (χ1v) is 5.31. The number of rotatable bonds is 1. The fourth-order valence-electron chi connectivity index (χ4n) is 1.99. The predicted octanol–water partition coefficient (Wildman–Crippen LogP) is 3.71. The van der Waals surface area contributed by atoms with Crippen molar-refractivity contribution in [3.63, 3.8) is 0 Å². The van der Waals surface area contributed by atoms with E-state index in [-0.39, 0.29) is 5.54 Å². The summed E-state index contributed by atoms with van der Waals surface area (Å²) in [5.41, 5.74) is 3.61. The Kier molecular flexibility index (Phi) is 2.36. The average Bonchev–Trinajstić information content (AvgIpc) is 2.28. The Bertz CT molecular complexity index is 447. The minimum absolute atomic E-state index is 0.340. The van der Waals surface area contributed by atoms with Crippen LogP contribution in [0.4, 0.5) is 0 Å². The summed E-state index contributed by atoms with van der Waals surface area (Å²) in [5, 5.41) is 0. The van der Waals surface area contributed by atoms with Crippen molar-refractivity contribution < 1.29 is 0 Å². The molecule has 0 aliphatic heterocycles. The predicted molar refractivity (Wildman–Crippen MR) is 63.4 cm³/mol. The zero-order valence-electron chi connectivity index (χ0n) is 9.25. The monoisotopic (exact) mass is 197 g/mol. The number of hydrogen-bond acceptors (Lipinski definition) is 0. The number of fused-ring (bicyclic) bond motifs is 1. The third-order valence-electron chi connectivity index (χ3n) is 3.11. The van der Waals surface area contributed by atoms with Gasteiger partial charge in [-0.3, -0.25) is 0 Å². The Morgan fingerprint density at radius 2 is 1.93 bits per heavy atom. The molecule has 0 heterocycles. The van der Waals surface area contributed by atoms with Gasteiger partial charge in [-0.15, -0.1) is 0 Å². The Labute approximate surface area is 91.3 Å². The molecule has 0 spiro atoms. The highest BCUT2D eigenvalue weighted by atomic mass is 14.8. The van der Waals surface area contributed by atoms with E-state index in [1.54, 1.807) is 0 Å². The molecule has 1 aromatic rings. The highest BCUT2D eigenvalue weighted by Gasteiger charge is 2.30. The Morgan fingerprint density at radius 1 is 1.20 bits per heavy atom. The van der Waals surface area contributed by atoms with E-state index < -0.39 is 0 Å². The number of nitrogens with zero attached hydrogens (tertiary/aromatic N) is 1. The maximum absolute atomic E-state index is 7.21. The summed E-state index contributed by atoms with van der Waals surface area (Å²) >= 11 is 0. The van der Waals surface area contributed by atoms with Crippen LogP contribution in [0, 0.1) is 6.57 Å². The molecule has 1 nitrogen and oxygen atoms in total. The van der Waals surface area contributed by atoms with Crippen LogP contribution in [0.15, 0.2) is 29.8 Å². The summed E-state index contributed by atoms with van der Waals surface area (Å²) in [4.78, 5) is 3.70. The van der Waals surface area contributed by atoms with Crippen LogP contribution in [-0.2, 0) is 6.42 Å². The van der Waals surface area contributed by atoms with E-state index in [2.05, 4.69) is 35.2 Å². The van der Waals surface area contributed by atoms with E-state index in [4.69, 9.17) is 6.57 Å². The maximum Gasteiger partial charge on any atom is 0.248 e.